The van der Waals surface area contributed by atoms with E-state index in [9.17, 15) is 9.59 Å². The molecule has 1 amide bonds. The molecule has 1 unspecified atom stereocenters. The molecule has 1 aliphatic heterocycles. The third-order valence-electron chi connectivity index (χ3n) is 0.935. The summed E-state index contributed by atoms with van der Waals surface area (Å²) in [6.07, 6.45) is 0.202. The van der Waals surface area contributed by atoms with E-state index in [-0.39, 0.29) is 12.5 Å². The van der Waals surface area contributed by atoms with Gasteiger partial charge in [0.05, 0.1) is 6.54 Å². The minimum absolute atomic E-state index is 0.123. The van der Waals surface area contributed by atoms with Gasteiger partial charge in [-0.3, -0.25) is 14.9 Å². The minimum Gasteiger partial charge on any atom is -0.333 e. The van der Waals surface area contributed by atoms with Gasteiger partial charge in [-0.05, 0) is 0 Å². The Balaban J connectivity index is 2.43. The first-order chi connectivity index (χ1) is 3.83. The molecule has 1 saturated heterocycles. The van der Waals surface area contributed by atoms with E-state index in [1.165, 1.54) is 0 Å². The molecular formula is C4H6N2O2. The van der Waals surface area contributed by atoms with Crippen LogP contribution in [-0.2, 0) is 9.59 Å². The first-order valence-electron chi connectivity index (χ1n) is 2.31. The number of carbonyl (C=O) groups is 2. The van der Waals surface area contributed by atoms with Crippen LogP contribution < -0.4 is 10.6 Å². The van der Waals surface area contributed by atoms with E-state index in [0.29, 0.717) is 6.29 Å². The van der Waals surface area contributed by atoms with Crippen LogP contribution >= 0.6 is 0 Å². The molecular weight excluding hydrogens is 108 g/mol. The highest BCUT2D eigenvalue weighted by atomic mass is 16.2. The summed E-state index contributed by atoms with van der Waals surface area (Å²) in [4.78, 5) is 20.2. The van der Waals surface area contributed by atoms with E-state index in [4.69, 9.17) is 0 Å². The Morgan fingerprint density at radius 2 is 2.50 bits per heavy atom. The van der Waals surface area contributed by atoms with Crippen LogP contribution in [0.25, 0.3) is 0 Å². The number of aldehydes is 1. The minimum atomic E-state index is -0.456. The van der Waals surface area contributed by atoms with Gasteiger partial charge in [0.1, 0.15) is 6.17 Å². The highest BCUT2D eigenvalue weighted by Gasteiger charge is 2.17. The molecule has 1 atom stereocenters. The Labute approximate surface area is 46.3 Å². The molecule has 8 heavy (non-hydrogen) atoms. The van der Waals surface area contributed by atoms with E-state index in [2.05, 4.69) is 10.6 Å². The predicted octanol–water partition coefficient (Wildman–Crippen LogP) is -1.77. The van der Waals surface area contributed by atoms with Crippen LogP contribution in [0.4, 0.5) is 0 Å². The van der Waals surface area contributed by atoms with E-state index in [0.717, 1.165) is 0 Å². The lowest BCUT2D eigenvalue weighted by molar-refractivity contribution is -0.119. The molecule has 4 heteroatoms. The quantitative estimate of drug-likeness (QED) is 0.397. The summed E-state index contributed by atoms with van der Waals surface area (Å²) in [7, 11) is 0. The molecule has 1 rings (SSSR count). The molecule has 2 N–H and O–H groups in total. The second-order valence-electron chi connectivity index (χ2n) is 1.56. The van der Waals surface area contributed by atoms with Crippen LogP contribution in [0, 0.1) is 0 Å². The Morgan fingerprint density at radius 3 is 2.75 bits per heavy atom. The van der Waals surface area contributed by atoms with Crippen LogP contribution in [0.5, 0.6) is 0 Å². The molecule has 0 bridgehead atoms. The number of amides is 1. The van der Waals surface area contributed by atoms with Crippen molar-refractivity contribution in [2.45, 2.75) is 6.17 Å². The predicted molar refractivity (Wildman–Crippen MR) is 26.0 cm³/mol. The molecule has 0 radical (unpaired) electrons. The fourth-order valence-corrected chi connectivity index (χ4v) is 0.560. The number of hydrogen-bond acceptors (Lipinski definition) is 3. The Bertz CT molecular complexity index is 123. The fourth-order valence-electron chi connectivity index (χ4n) is 0.560. The molecule has 0 aliphatic carbocycles. The van der Waals surface area contributed by atoms with Gasteiger partial charge in [-0.25, -0.2) is 0 Å². The molecule has 0 aromatic rings. The largest absolute Gasteiger partial charge is 0.333 e. The fraction of sp³-hybridized carbons (Fsp3) is 0.500. The van der Waals surface area contributed by atoms with Crippen molar-refractivity contribution in [3.8, 4) is 0 Å². The average molecular weight is 114 g/mol. The number of hydrogen-bond donors (Lipinski definition) is 2. The molecule has 0 aromatic heterocycles. The maximum Gasteiger partial charge on any atom is 0.235 e. The van der Waals surface area contributed by atoms with Gasteiger partial charge in [0, 0.05) is 0 Å². The summed E-state index contributed by atoms with van der Waals surface area (Å²) in [6, 6.07) is 0. The summed E-state index contributed by atoms with van der Waals surface area (Å²) in [6.45, 7) is 0.253. The summed E-state index contributed by atoms with van der Waals surface area (Å²) in [5.41, 5.74) is 0. The lowest BCUT2D eigenvalue weighted by Gasteiger charge is -1.95. The molecule has 4 nitrogen and oxygen atoms in total. The number of rotatable bonds is 1. The monoisotopic (exact) mass is 114 g/mol. The van der Waals surface area contributed by atoms with Gasteiger partial charge in [0.15, 0.2) is 6.29 Å². The SMILES string of the molecule is O=CC1NCC(=O)N1. The third kappa shape index (κ3) is 0.840. The van der Waals surface area contributed by atoms with Crippen molar-refractivity contribution < 1.29 is 9.59 Å². The molecule has 0 saturated carbocycles. The highest BCUT2D eigenvalue weighted by molar-refractivity contribution is 5.84. The van der Waals surface area contributed by atoms with Crippen LogP contribution in [0.3, 0.4) is 0 Å². The van der Waals surface area contributed by atoms with Crippen LogP contribution in [0.1, 0.15) is 0 Å². The van der Waals surface area contributed by atoms with Gasteiger partial charge in [-0.2, -0.15) is 0 Å². The summed E-state index contributed by atoms with van der Waals surface area (Å²) in [5.74, 6) is -0.123. The molecule has 1 heterocycles. The first-order valence-corrected chi connectivity index (χ1v) is 2.31. The van der Waals surface area contributed by atoms with Crippen molar-refractivity contribution in [1.29, 1.82) is 0 Å². The second kappa shape index (κ2) is 1.92. The normalized spacial score (nSPS) is 27.5. The van der Waals surface area contributed by atoms with Crippen LogP contribution in [0.2, 0.25) is 0 Å². The lowest BCUT2D eigenvalue weighted by Crippen LogP contribution is -2.33. The van der Waals surface area contributed by atoms with Crippen molar-refractivity contribution in [2.24, 2.45) is 0 Å². The maximum atomic E-state index is 10.3. The zero-order valence-corrected chi connectivity index (χ0v) is 4.18. The lowest BCUT2D eigenvalue weighted by atomic mass is 10.6. The van der Waals surface area contributed by atoms with E-state index in [1.807, 2.05) is 0 Å². The molecule has 1 aliphatic rings. The van der Waals surface area contributed by atoms with Crippen LogP contribution in [0.15, 0.2) is 0 Å². The van der Waals surface area contributed by atoms with Crippen molar-refractivity contribution in [3.05, 3.63) is 0 Å². The highest BCUT2D eigenvalue weighted by Crippen LogP contribution is 1.79. The molecule has 44 valence electrons. The number of nitrogens with one attached hydrogen (secondary N) is 2. The standard InChI is InChI=1S/C4H6N2O2/c7-2-3-5-1-4(8)6-3/h2-3,5H,1H2,(H,6,8). The molecule has 1 fully saturated rings. The van der Waals surface area contributed by atoms with E-state index >= 15 is 0 Å². The summed E-state index contributed by atoms with van der Waals surface area (Å²) in [5, 5.41) is 5.01. The second-order valence-corrected chi connectivity index (χ2v) is 1.56. The Kier molecular flexibility index (Phi) is 1.26. The zero-order chi connectivity index (χ0) is 5.98. The van der Waals surface area contributed by atoms with Gasteiger partial charge < -0.3 is 5.32 Å². The Morgan fingerprint density at radius 1 is 1.75 bits per heavy atom. The van der Waals surface area contributed by atoms with Crippen molar-refractivity contribution in [3.63, 3.8) is 0 Å². The van der Waals surface area contributed by atoms with Gasteiger partial charge in [-0.1, -0.05) is 0 Å². The average Bonchev–Trinajstić information content (AvgIpc) is 2.14. The molecule has 0 aromatic carbocycles. The van der Waals surface area contributed by atoms with E-state index in [1.54, 1.807) is 0 Å². The van der Waals surface area contributed by atoms with Gasteiger partial charge >= 0.3 is 0 Å². The van der Waals surface area contributed by atoms with Gasteiger partial charge in [-0.15, -0.1) is 0 Å². The van der Waals surface area contributed by atoms with Crippen molar-refractivity contribution in [1.82, 2.24) is 10.6 Å². The maximum absolute atomic E-state index is 10.3. The summed E-state index contributed by atoms with van der Waals surface area (Å²) < 4.78 is 0. The summed E-state index contributed by atoms with van der Waals surface area (Å²) >= 11 is 0. The van der Waals surface area contributed by atoms with Crippen LogP contribution in [-0.4, -0.2) is 24.9 Å². The first kappa shape index (κ1) is 5.24. The zero-order valence-electron chi connectivity index (χ0n) is 4.18. The smallest absolute Gasteiger partial charge is 0.235 e. The van der Waals surface area contributed by atoms with Gasteiger partial charge in [0.25, 0.3) is 0 Å². The van der Waals surface area contributed by atoms with Gasteiger partial charge in [0.2, 0.25) is 5.91 Å². The Hall–Kier alpha value is -0.900. The van der Waals surface area contributed by atoms with E-state index < -0.39 is 6.17 Å². The number of carbonyl (C=O) groups excluding carboxylic acids is 2. The van der Waals surface area contributed by atoms with Crippen molar-refractivity contribution >= 4 is 12.2 Å². The molecule has 0 spiro atoms. The van der Waals surface area contributed by atoms with Crippen molar-refractivity contribution in [2.75, 3.05) is 6.54 Å². The topological polar surface area (TPSA) is 58.2 Å². The third-order valence-corrected chi connectivity index (χ3v) is 0.935.